The zero-order valence-corrected chi connectivity index (χ0v) is 8.46. The third-order valence-electron chi connectivity index (χ3n) is 1.40. The fourth-order valence-electron chi connectivity index (χ4n) is 0.846. The Morgan fingerprint density at radius 1 is 1.62 bits per heavy atom. The summed E-state index contributed by atoms with van der Waals surface area (Å²) in [6.07, 6.45) is 0. The van der Waals surface area contributed by atoms with Crippen LogP contribution in [0, 0.1) is 0 Å². The largest absolute Gasteiger partial charge is 0.304 e. The summed E-state index contributed by atoms with van der Waals surface area (Å²) in [7, 11) is 5.34. The highest BCUT2D eigenvalue weighted by molar-refractivity contribution is 6.29. The van der Waals surface area contributed by atoms with Crippen LogP contribution in [-0.2, 0) is 7.05 Å². The van der Waals surface area contributed by atoms with Crippen LogP contribution in [0.15, 0.2) is 10.9 Å². The third-order valence-corrected chi connectivity index (χ3v) is 1.66. The van der Waals surface area contributed by atoms with Crippen LogP contribution in [0.25, 0.3) is 0 Å². The number of hydrazine groups is 1. The number of hydrogen-bond donors (Lipinski definition) is 1. The Hall–Kier alpha value is -1.07. The van der Waals surface area contributed by atoms with Crippen molar-refractivity contribution in [3.63, 3.8) is 0 Å². The molecule has 72 valence electrons. The van der Waals surface area contributed by atoms with E-state index in [9.17, 15) is 4.79 Å². The minimum Gasteiger partial charge on any atom is -0.304 e. The van der Waals surface area contributed by atoms with E-state index in [1.165, 1.54) is 10.7 Å². The second-order valence-corrected chi connectivity index (χ2v) is 3.17. The van der Waals surface area contributed by atoms with Crippen LogP contribution in [0.5, 0.6) is 0 Å². The van der Waals surface area contributed by atoms with E-state index in [1.807, 2.05) is 14.1 Å². The average molecular weight is 203 g/mol. The lowest BCUT2D eigenvalue weighted by Crippen LogP contribution is -2.24. The first kappa shape index (κ1) is 10.0. The molecule has 1 heterocycles. The first-order valence-corrected chi connectivity index (χ1v) is 4.06. The molecule has 13 heavy (non-hydrogen) atoms. The van der Waals surface area contributed by atoms with Gasteiger partial charge < -0.3 is 5.43 Å². The molecule has 0 atom stereocenters. The molecule has 1 rings (SSSR count). The van der Waals surface area contributed by atoms with E-state index in [0.717, 1.165) is 0 Å². The first-order valence-electron chi connectivity index (χ1n) is 3.68. The molecule has 0 saturated heterocycles. The summed E-state index contributed by atoms with van der Waals surface area (Å²) >= 11 is 5.54. The van der Waals surface area contributed by atoms with Gasteiger partial charge in [0.1, 0.15) is 5.82 Å². The van der Waals surface area contributed by atoms with Crippen molar-refractivity contribution >= 4 is 17.4 Å². The van der Waals surface area contributed by atoms with Crippen molar-refractivity contribution in [2.45, 2.75) is 0 Å². The second kappa shape index (κ2) is 3.76. The van der Waals surface area contributed by atoms with Gasteiger partial charge in [0.15, 0.2) is 5.15 Å². The maximum Gasteiger partial charge on any atom is 0.221 e. The van der Waals surface area contributed by atoms with E-state index in [2.05, 4.69) is 10.5 Å². The minimum absolute atomic E-state index is 0.0215. The van der Waals surface area contributed by atoms with Crippen molar-refractivity contribution in [2.24, 2.45) is 7.05 Å². The Kier molecular flexibility index (Phi) is 2.90. The minimum atomic E-state index is -0.288. The van der Waals surface area contributed by atoms with E-state index in [4.69, 9.17) is 11.6 Å². The molecule has 0 fully saturated rings. The number of hydrogen-bond acceptors (Lipinski definition) is 4. The normalized spacial score (nSPS) is 10.5. The van der Waals surface area contributed by atoms with Gasteiger partial charge in [-0.25, -0.2) is 5.01 Å². The van der Waals surface area contributed by atoms with Gasteiger partial charge in [-0.2, -0.15) is 5.10 Å². The van der Waals surface area contributed by atoms with Gasteiger partial charge in [-0.1, -0.05) is 11.6 Å². The number of anilines is 1. The zero-order valence-electron chi connectivity index (χ0n) is 7.71. The van der Waals surface area contributed by atoms with E-state index in [0.29, 0.717) is 5.82 Å². The molecule has 0 aliphatic carbocycles. The van der Waals surface area contributed by atoms with Gasteiger partial charge in [-0.3, -0.25) is 9.48 Å². The number of aryl methyl sites for hydroxylation is 1. The molecule has 6 heteroatoms. The maximum atomic E-state index is 11.1. The zero-order chi connectivity index (χ0) is 10.0. The summed E-state index contributed by atoms with van der Waals surface area (Å²) in [4.78, 5) is 11.1. The molecule has 0 radical (unpaired) electrons. The summed E-state index contributed by atoms with van der Waals surface area (Å²) in [5, 5.41) is 5.50. The predicted octanol–water partition coefficient (Wildman–Crippen LogP) is 0.322. The number of nitrogens with zero attached hydrogens (tertiary/aromatic N) is 3. The smallest absolute Gasteiger partial charge is 0.221 e. The van der Waals surface area contributed by atoms with Crippen LogP contribution in [0.4, 0.5) is 5.82 Å². The lowest BCUT2D eigenvalue weighted by atomic mass is 10.5. The van der Waals surface area contributed by atoms with Crippen molar-refractivity contribution < 1.29 is 0 Å². The molecular weight excluding hydrogens is 192 g/mol. The predicted molar refractivity (Wildman–Crippen MR) is 51.8 cm³/mol. The number of rotatable bonds is 2. The van der Waals surface area contributed by atoms with Gasteiger partial charge in [0, 0.05) is 27.2 Å². The summed E-state index contributed by atoms with van der Waals surface area (Å²) in [6.45, 7) is 0. The van der Waals surface area contributed by atoms with Gasteiger partial charge in [-0.05, 0) is 0 Å². The molecular formula is C7H11ClN4O. The van der Waals surface area contributed by atoms with E-state index in [-0.39, 0.29) is 10.6 Å². The van der Waals surface area contributed by atoms with Crippen LogP contribution in [0.3, 0.4) is 0 Å². The fourth-order valence-corrected chi connectivity index (χ4v) is 1.01. The van der Waals surface area contributed by atoms with Gasteiger partial charge in [-0.15, -0.1) is 0 Å². The highest BCUT2D eigenvalue weighted by Gasteiger charge is 2.03. The molecule has 0 saturated carbocycles. The topological polar surface area (TPSA) is 50.2 Å². The summed E-state index contributed by atoms with van der Waals surface area (Å²) in [6, 6.07) is 1.40. The number of aromatic nitrogens is 2. The summed E-state index contributed by atoms with van der Waals surface area (Å²) in [5.74, 6) is 0.597. The van der Waals surface area contributed by atoms with E-state index < -0.39 is 0 Å². The van der Waals surface area contributed by atoms with Crippen molar-refractivity contribution in [3.05, 3.63) is 21.4 Å². The number of nitrogens with one attached hydrogen (secondary N) is 1. The van der Waals surface area contributed by atoms with Crippen molar-refractivity contribution in [3.8, 4) is 0 Å². The molecule has 0 amide bonds. The van der Waals surface area contributed by atoms with Crippen LogP contribution < -0.4 is 10.9 Å². The molecule has 5 nitrogen and oxygen atoms in total. The second-order valence-electron chi connectivity index (χ2n) is 2.81. The Morgan fingerprint density at radius 3 is 2.77 bits per heavy atom. The van der Waals surface area contributed by atoms with E-state index >= 15 is 0 Å². The molecule has 0 aliphatic heterocycles. The van der Waals surface area contributed by atoms with Crippen LogP contribution in [0.1, 0.15) is 0 Å². The standard InChI is InChI=1S/C7H11ClN4O/c1-11(2)9-6-4-5(13)7(8)10-12(6)3/h4,9H,1-3H3. The molecule has 1 aromatic heterocycles. The Morgan fingerprint density at radius 2 is 2.23 bits per heavy atom. The summed E-state index contributed by atoms with van der Waals surface area (Å²) < 4.78 is 1.50. The summed E-state index contributed by atoms with van der Waals surface area (Å²) in [5.41, 5.74) is 2.63. The SMILES string of the molecule is CN(C)Nc1cc(=O)c(Cl)nn1C. The van der Waals surface area contributed by atoms with Crippen molar-refractivity contribution in [2.75, 3.05) is 19.5 Å². The molecule has 0 aromatic carbocycles. The van der Waals surface area contributed by atoms with Gasteiger partial charge in [0.2, 0.25) is 5.43 Å². The van der Waals surface area contributed by atoms with Crippen molar-refractivity contribution in [1.29, 1.82) is 0 Å². The fraction of sp³-hybridized carbons (Fsp3) is 0.429. The Bertz CT molecular complexity index is 360. The van der Waals surface area contributed by atoms with Gasteiger partial charge >= 0.3 is 0 Å². The van der Waals surface area contributed by atoms with Crippen LogP contribution in [-0.4, -0.2) is 28.9 Å². The first-order chi connectivity index (χ1) is 6.00. The Balaban J connectivity index is 3.09. The Labute approximate surface area is 80.9 Å². The van der Waals surface area contributed by atoms with E-state index in [1.54, 1.807) is 12.1 Å². The third kappa shape index (κ3) is 2.43. The van der Waals surface area contributed by atoms with Gasteiger partial charge in [0.25, 0.3) is 0 Å². The lowest BCUT2D eigenvalue weighted by molar-refractivity contribution is 0.483. The maximum absolute atomic E-state index is 11.1. The van der Waals surface area contributed by atoms with Gasteiger partial charge in [0.05, 0.1) is 0 Å². The highest BCUT2D eigenvalue weighted by Crippen LogP contribution is 2.03. The molecule has 0 unspecified atom stereocenters. The molecule has 0 aliphatic rings. The van der Waals surface area contributed by atoms with Crippen molar-refractivity contribution in [1.82, 2.24) is 14.8 Å². The van der Waals surface area contributed by atoms with Crippen LogP contribution >= 0.6 is 11.6 Å². The molecule has 1 aromatic rings. The van der Waals surface area contributed by atoms with Crippen LogP contribution in [0.2, 0.25) is 5.15 Å². The average Bonchev–Trinajstić information content (AvgIpc) is 1.99. The molecule has 0 bridgehead atoms. The number of halogens is 1. The molecule has 1 N–H and O–H groups in total. The lowest BCUT2D eigenvalue weighted by Gasteiger charge is -2.15. The highest BCUT2D eigenvalue weighted by atomic mass is 35.5. The molecule has 0 spiro atoms. The quantitative estimate of drug-likeness (QED) is 0.702. The monoisotopic (exact) mass is 202 g/mol.